The molecule has 2 heteroatoms. The number of hydrogen-bond donors (Lipinski definition) is 1. The molecule has 2 radical (unpaired) electrons. The minimum atomic E-state index is -0.263. The Morgan fingerprint density at radius 1 is 1.30 bits per heavy atom. The van der Waals surface area contributed by atoms with E-state index in [1.165, 1.54) is 32.1 Å². The average molecular weight is 335 g/mol. The zero-order valence-corrected chi connectivity index (χ0v) is 11.1. The molecule has 1 rings (SSSR count). The molecule has 1 aliphatic carbocycles. The van der Waals surface area contributed by atoms with Gasteiger partial charge in [-0.05, 0) is 0 Å². The van der Waals surface area contributed by atoms with Crippen molar-refractivity contribution in [1.29, 1.82) is 0 Å². The molecule has 0 amide bonds. The molecule has 0 spiro atoms. The monoisotopic (exact) mass is 336 g/mol. The van der Waals surface area contributed by atoms with Crippen LogP contribution in [-0.4, -0.2) is 34.0 Å². The molecular formula is C8H16OPb. The third-order valence-electron chi connectivity index (χ3n) is 2.43. The van der Waals surface area contributed by atoms with Crippen LogP contribution in [0.3, 0.4) is 0 Å². The Labute approximate surface area is 78.9 Å². The van der Waals surface area contributed by atoms with Crippen molar-refractivity contribution < 1.29 is 5.11 Å². The summed E-state index contributed by atoms with van der Waals surface area (Å²) in [6.45, 7) is 2.01. The molecule has 0 aromatic rings. The van der Waals surface area contributed by atoms with E-state index in [9.17, 15) is 5.11 Å². The molecule has 0 aromatic carbocycles. The van der Waals surface area contributed by atoms with Crippen LogP contribution in [0.25, 0.3) is 0 Å². The van der Waals surface area contributed by atoms with E-state index in [0.717, 1.165) is 25.8 Å². The van der Waals surface area contributed by atoms with E-state index in [1.54, 1.807) is 0 Å². The average Bonchev–Trinajstić information content (AvgIpc) is 1.88. The van der Waals surface area contributed by atoms with Crippen molar-refractivity contribution in [2.45, 2.75) is 42.2 Å². The molecule has 0 aromatic heterocycles. The van der Waals surface area contributed by atoms with Crippen molar-refractivity contribution in [3.63, 3.8) is 0 Å². The summed E-state index contributed by atoms with van der Waals surface area (Å²) in [5, 5.41) is 9.72. The van der Waals surface area contributed by atoms with Crippen molar-refractivity contribution in [3.8, 4) is 0 Å². The summed E-state index contributed by atoms with van der Waals surface area (Å²) >= 11 is 0.723. The first-order valence-electron chi connectivity index (χ1n) is 4.12. The second-order valence-electron chi connectivity index (χ2n) is 3.56. The predicted molar refractivity (Wildman–Crippen MR) is 44.3 cm³/mol. The summed E-state index contributed by atoms with van der Waals surface area (Å²) in [6.07, 6.45) is 6.60. The van der Waals surface area contributed by atoms with Crippen LogP contribution < -0.4 is 0 Å². The molecule has 1 aliphatic rings. The van der Waals surface area contributed by atoms with E-state index < -0.39 is 0 Å². The Hall–Kier alpha value is 0.882. The summed E-state index contributed by atoms with van der Waals surface area (Å²) < 4.78 is -0.263. The Bertz CT molecular complexity index is 100. The van der Waals surface area contributed by atoms with E-state index in [1.807, 2.05) is 6.92 Å². The van der Waals surface area contributed by atoms with Gasteiger partial charge in [-0.1, -0.05) is 0 Å². The summed E-state index contributed by atoms with van der Waals surface area (Å²) in [7, 11) is 0. The van der Waals surface area contributed by atoms with E-state index in [2.05, 4.69) is 0 Å². The summed E-state index contributed by atoms with van der Waals surface area (Å²) in [6, 6.07) is 0. The molecule has 0 heterocycles. The van der Waals surface area contributed by atoms with Crippen molar-refractivity contribution in [2.75, 3.05) is 0 Å². The molecule has 1 saturated carbocycles. The van der Waals surface area contributed by atoms with Crippen molar-refractivity contribution in [3.05, 3.63) is 0 Å². The van der Waals surface area contributed by atoms with Gasteiger partial charge in [-0.2, -0.15) is 0 Å². The van der Waals surface area contributed by atoms with Crippen LogP contribution in [0.4, 0.5) is 0 Å². The summed E-state index contributed by atoms with van der Waals surface area (Å²) in [5.74, 6) is 0.631. The first kappa shape index (κ1) is 8.97. The molecule has 1 fully saturated rings. The van der Waals surface area contributed by atoms with Gasteiger partial charge in [-0.25, -0.2) is 0 Å². The first-order chi connectivity index (χ1) is 4.61. The number of rotatable bonds is 1. The van der Waals surface area contributed by atoms with Crippen LogP contribution in [0.5, 0.6) is 0 Å². The second kappa shape index (κ2) is 3.52. The van der Waals surface area contributed by atoms with Crippen LogP contribution >= 0.6 is 0 Å². The van der Waals surface area contributed by atoms with Crippen LogP contribution in [0.15, 0.2) is 0 Å². The molecule has 0 aliphatic heterocycles. The molecule has 1 atom stereocenters. The Kier molecular flexibility index (Phi) is 3.16. The van der Waals surface area contributed by atoms with Gasteiger partial charge in [-0.15, -0.1) is 0 Å². The Morgan fingerprint density at radius 3 is 2.10 bits per heavy atom. The Balaban J connectivity index is 2.39. The second-order valence-corrected chi connectivity index (χ2v) is 8.10. The van der Waals surface area contributed by atoms with Crippen LogP contribution in [0.2, 0.25) is 0 Å². The van der Waals surface area contributed by atoms with Crippen LogP contribution in [0.1, 0.15) is 39.0 Å². The Morgan fingerprint density at radius 2 is 1.80 bits per heavy atom. The normalized spacial score (nSPS) is 27.9. The van der Waals surface area contributed by atoms with Gasteiger partial charge in [0.15, 0.2) is 0 Å². The zero-order valence-electron chi connectivity index (χ0n) is 6.64. The van der Waals surface area contributed by atoms with Gasteiger partial charge in [0.2, 0.25) is 0 Å². The summed E-state index contributed by atoms with van der Waals surface area (Å²) in [5.41, 5.74) is 0. The standard InChI is InChI=1S/C8H15O.Pb.H/c1-7(9)8-5-3-2-4-6-8;;/h8-9H,2-6H2,1H3;;. The van der Waals surface area contributed by atoms with E-state index in [0.29, 0.717) is 5.92 Å². The maximum atomic E-state index is 9.72. The summed E-state index contributed by atoms with van der Waals surface area (Å²) in [4.78, 5) is 0. The van der Waals surface area contributed by atoms with Gasteiger partial charge in [0, 0.05) is 0 Å². The third kappa shape index (κ3) is 2.49. The topological polar surface area (TPSA) is 20.2 Å². The predicted octanol–water partition coefficient (Wildman–Crippen LogP) is 1.18. The molecule has 58 valence electrons. The molecule has 1 unspecified atom stereocenters. The molecular weight excluding hydrogens is 319 g/mol. The zero-order chi connectivity index (χ0) is 7.61. The molecule has 1 nitrogen and oxygen atoms in total. The quantitative estimate of drug-likeness (QED) is 0.714. The van der Waals surface area contributed by atoms with Gasteiger partial charge >= 0.3 is 79.0 Å². The first-order valence-corrected chi connectivity index (χ1v) is 6.36. The van der Waals surface area contributed by atoms with Crippen molar-refractivity contribution >= 4 is 25.8 Å². The fourth-order valence-electron chi connectivity index (χ4n) is 1.69. The fourth-order valence-corrected chi connectivity index (χ4v) is 2.98. The molecule has 0 bridgehead atoms. The van der Waals surface area contributed by atoms with E-state index in [-0.39, 0.29) is 3.16 Å². The maximum absolute atomic E-state index is 9.72. The van der Waals surface area contributed by atoms with Crippen molar-refractivity contribution in [1.82, 2.24) is 0 Å². The fraction of sp³-hybridized carbons (Fsp3) is 1.00. The van der Waals surface area contributed by atoms with Gasteiger partial charge in [0.05, 0.1) is 0 Å². The number of hydrogen-bond acceptors (Lipinski definition) is 1. The van der Waals surface area contributed by atoms with Gasteiger partial charge in [0.1, 0.15) is 0 Å². The minimum absolute atomic E-state index is 0.263. The van der Waals surface area contributed by atoms with E-state index >= 15 is 0 Å². The SMILES string of the molecule is C[C](O)([PbH])C1CCCCC1. The van der Waals surface area contributed by atoms with Crippen LogP contribution in [0, 0.1) is 5.92 Å². The van der Waals surface area contributed by atoms with Gasteiger partial charge in [0.25, 0.3) is 0 Å². The van der Waals surface area contributed by atoms with E-state index in [4.69, 9.17) is 0 Å². The molecule has 10 heavy (non-hydrogen) atoms. The third-order valence-corrected chi connectivity index (χ3v) is 4.26. The molecule has 0 saturated heterocycles. The molecule has 1 N–H and O–H groups in total. The van der Waals surface area contributed by atoms with Crippen molar-refractivity contribution in [2.24, 2.45) is 5.92 Å². The van der Waals surface area contributed by atoms with Crippen LogP contribution in [-0.2, 0) is 0 Å². The number of aliphatic hydroxyl groups is 1. The van der Waals surface area contributed by atoms with Gasteiger partial charge in [-0.3, -0.25) is 0 Å². The van der Waals surface area contributed by atoms with Gasteiger partial charge < -0.3 is 0 Å².